The Hall–Kier alpha value is -3.13. The summed E-state index contributed by atoms with van der Waals surface area (Å²) in [5.41, 5.74) is 1.04. The first-order valence-electron chi connectivity index (χ1n) is 9.03. The lowest BCUT2D eigenvalue weighted by Crippen LogP contribution is -2.28. The Morgan fingerprint density at radius 1 is 1.03 bits per heavy atom. The number of hydrogen-bond donors (Lipinski definition) is 0. The van der Waals surface area contributed by atoms with Crippen molar-refractivity contribution in [2.45, 2.75) is 19.4 Å². The van der Waals surface area contributed by atoms with Crippen molar-refractivity contribution in [3.63, 3.8) is 0 Å². The molecule has 1 amide bonds. The molecule has 3 rings (SSSR count). The minimum Gasteiger partial charge on any atom is -0.496 e. The molecule has 0 aliphatic carbocycles. The molecule has 0 saturated heterocycles. The molecular weight excluding hydrogens is 392 g/mol. The summed E-state index contributed by atoms with van der Waals surface area (Å²) in [7, 11) is 4.31. The molecule has 7 nitrogen and oxygen atoms in total. The zero-order valence-electron chi connectivity index (χ0n) is 16.7. The van der Waals surface area contributed by atoms with Gasteiger partial charge in [-0.15, -0.1) is 0 Å². The smallest absolute Gasteiger partial charge is 0.328 e. The van der Waals surface area contributed by atoms with Crippen molar-refractivity contribution in [1.29, 1.82) is 0 Å². The summed E-state index contributed by atoms with van der Waals surface area (Å²) < 4.78 is 18.3. The molecule has 0 spiro atoms. The lowest BCUT2D eigenvalue weighted by Gasteiger charge is -2.15. The van der Waals surface area contributed by atoms with Crippen LogP contribution in [-0.2, 0) is 9.53 Å². The summed E-state index contributed by atoms with van der Waals surface area (Å²) in [6.07, 6.45) is 0.493. The number of amides is 1. The molecule has 1 unspecified atom stereocenters. The van der Waals surface area contributed by atoms with Crippen LogP contribution >= 0.6 is 11.3 Å². The number of para-hydroxylation sites is 1. The maximum Gasteiger partial charge on any atom is 0.328 e. The summed E-state index contributed by atoms with van der Waals surface area (Å²) >= 11 is 1.33. The number of carbonyl (C=O) groups is 2. The molecule has 1 heterocycles. The molecule has 1 atom stereocenters. The van der Waals surface area contributed by atoms with E-state index in [0.717, 1.165) is 10.2 Å². The first-order chi connectivity index (χ1) is 14.0. The molecule has 8 heteroatoms. The molecule has 0 aliphatic heterocycles. The number of esters is 1. The average Bonchev–Trinajstić information content (AvgIpc) is 3.11. The highest BCUT2D eigenvalue weighted by atomic mass is 32.1. The fraction of sp³-hybridized carbons (Fsp3) is 0.286. The van der Waals surface area contributed by atoms with Crippen molar-refractivity contribution in [2.75, 3.05) is 21.3 Å². The molecule has 0 aliphatic rings. The number of nitrogens with zero attached hydrogens (tertiary/aromatic N) is 2. The van der Waals surface area contributed by atoms with Crippen LogP contribution in [0.3, 0.4) is 0 Å². The van der Waals surface area contributed by atoms with Gasteiger partial charge in [-0.05, 0) is 30.7 Å². The fourth-order valence-electron chi connectivity index (χ4n) is 3.17. The van der Waals surface area contributed by atoms with E-state index in [0.29, 0.717) is 22.7 Å². The third-order valence-electron chi connectivity index (χ3n) is 4.54. The predicted octanol–water partition coefficient (Wildman–Crippen LogP) is 3.59. The molecule has 0 N–H and O–H groups in total. The van der Waals surface area contributed by atoms with E-state index in [1.807, 2.05) is 31.2 Å². The highest BCUT2D eigenvalue weighted by Crippen LogP contribution is 2.29. The number of hydrogen-bond acceptors (Lipinski definition) is 6. The normalized spacial score (nSPS) is 12.6. The summed E-state index contributed by atoms with van der Waals surface area (Å²) in [5.74, 6) is -0.171. The van der Waals surface area contributed by atoms with E-state index in [1.54, 1.807) is 22.8 Å². The van der Waals surface area contributed by atoms with Gasteiger partial charge in [0, 0.05) is 0 Å². The Labute approximate surface area is 172 Å². The Kier molecular flexibility index (Phi) is 6.33. The van der Waals surface area contributed by atoms with Gasteiger partial charge < -0.3 is 18.8 Å². The van der Waals surface area contributed by atoms with Crippen LogP contribution in [0.2, 0.25) is 0 Å². The van der Waals surface area contributed by atoms with E-state index in [1.165, 1.54) is 32.7 Å². The Balaban J connectivity index is 2.25. The SMILES string of the molecule is CCC(C(=O)OC)n1c(=NC(=O)c2c(OC)cccc2OC)sc2ccccc21. The van der Waals surface area contributed by atoms with E-state index in [-0.39, 0.29) is 11.5 Å². The van der Waals surface area contributed by atoms with Gasteiger partial charge in [0.15, 0.2) is 4.80 Å². The van der Waals surface area contributed by atoms with E-state index in [2.05, 4.69) is 4.99 Å². The minimum absolute atomic E-state index is 0.229. The molecule has 3 aromatic rings. The highest BCUT2D eigenvalue weighted by Gasteiger charge is 2.24. The van der Waals surface area contributed by atoms with Gasteiger partial charge in [0.05, 0.1) is 31.5 Å². The maximum absolute atomic E-state index is 13.1. The molecule has 0 radical (unpaired) electrons. The molecule has 2 aromatic carbocycles. The van der Waals surface area contributed by atoms with E-state index in [4.69, 9.17) is 14.2 Å². The number of ether oxygens (including phenoxy) is 3. The lowest BCUT2D eigenvalue weighted by molar-refractivity contribution is -0.144. The van der Waals surface area contributed by atoms with Crippen LogP contribution in [0, 0.1) is 0 Å². The lowest BCUT2D eigenvalue weighted by atomic mass is 10.1. The van der Waals surface area contributed by atoms with E-state index < -0.39 is 11.9 Å². The molecule has 152 valence electrons. The van der Waals surface area contributed by atoms with Crippen LogP contribution in [0.1, 0.15) is 29.7 Å². The molecule has 0 bridgehead atoms. The van der Waals surface area contributed by atoms with Gasteiger partial charge in [-0.3, -0.25) is 4.79 Å². The van der Waals surface area contributed by atoms with Crippen LogP contribution in [0.25, 0.3) is 10.2 Å². The molecule has 0 fully saturated rings. The van der Waals surface area contributed by atoms with Gasteiger partial charge in [-0.25, -0.2) is 4.79 Å². The second-order valence-corrected chi connectivity index (χ2v) is 7.13. The first-order valence-corrected chi connectivity index (χ1v) is 9.85. The molecular formula is C21H22N2O5S. The average molecular weight is 414 g/mol. The monoisotopic (exact) mass is 414 g/mol. The van der Waals surface area contributed by atoms with Crippen molar-refractivity contribution < 1.29 is 23.8 Å². The van der Waals surface area contributed by atoms with E-state index >= 15 is 0 Å². The maximum atomic E-state index is 13.1. The second-order valence-electron chi connectivity index (χ2n) is 6.12. The third-order valence-corrected chi connectivity index (χ3v) is 5.58. The van der Waals surface area contributed by atoms with Crippen molar-refractivity contribution >= 4 is 33.4 Å². The van der Waals surface area contributed by atoms with Gasteiger partial charge in [0.25, 0.3) is 5.91 Å². The van der Waals surface area contributed by atoms with Crippen LogP contribution < -0.4 is 14.3 Å². The number of methoxy groups -OCH3 is 3. The summed E-state index contributed by atoms with van der Waals surface area (Å²) in [6, 6.07) is 12.1. The Morgan fingerprint density at radius 2 is 1.69 bits per heavy atom. The number of carbonyl (C=O) groups excluding carboxylic acids is 2. The Morgan fingerprint density at radius 3 is 2.28 bits per heavy atom. The largest absolute Gasteiger partial charge is 0.496 e. The topological polar surface area (TPSA) is 79.1 Å². The summed E-state index contributed by atoms with van der Waals surface area (Å²) in [6.45, 7) is 1.88. The standard InChI is InChI=1S/C21H22N2O5S/c1-5-13(20(25)28-4)23-14-9-6-7-12-17(14)29-21(23)22-19(24)18-15(26-2)10-8-11-16(18)27-3/h6-13H,5H2,1-4H3. The summed E-state index contributed by atoms with van der Waals surface area (Å²) in [5, 5.41) is 0. The van der Waals surface area contributed by atoms with E-state index in [9.17, 15) is 9.59 Å². The Bertz CT molecular complexity index is 1090. The highest BCUT2D eigenvalue weighted by molar-refractivity contribution is 7.16. The number of thiazole rings is 1. The second kappa shape index (κ2) is 8.91. The third kappa shape index (κ3) is 3.88. The predicted molar refractivity (Wildman–Crippen MR) is 111 cm³/mol. The first kappa shape index (κ1) is 20.6. The van der Waals surface area contributed by atoms with Gasteiger partial charge in [-0.2, -0.15) is 4.99 Å². The fourth-order valence-corrected chi connectivity index (χ4v) is 4.23. The van der Waals surface area contributed by atoms with Gasteiger partial charge in [0.2, 0.25) is 0 Å². The van der Waals surface area contributed by atoms with Gasteiger partial charge in [0.1, 0.15) is 23.1 Å². The quantitative estimate of drug-likeness (QED) is 0.576. The zero-order chi connectivity index (χ0) is 21.0. The van der Waals surface area contributed by atoms with Crippen LogP contribution in [0.15, 0.2) is 47.5 Å². The zero-order valence-corrected chi connectivity index (χ0v) is 17.5. The summed E-state index contributed by atoms with van der Waals surface area (Å²) in [4.78, 5) is 30.2. The van der Waals surface area contributed by atoms with Crippen LogP contribution in [-0.4, -0.2) is 37.8 Å². The number of benzene rings is 2. The minimum atomic E-state index is -0.595. The number of fused-ring (bicyclic) bond motifs is 1. The van der Waals surface area contributed by atoms with Gasteiger partial charge >= 0.3 is 5.97 Å². The van der Waals surface area contributed by atoms with Crippen molar-refractivity contribution in [3.05, 3.63) is 52.8 Å². The number of aromatic nitrogens is 1. The molecule has 0 saturated carbocycles. The van der Waals surface area contributed by atoms with Gasteiger partial charge in [-0.1, -0.05) is 36.5 Å². The van der Waals surface area contributed by atoms with Crippen molar-refractivity contribution in [2.24, 2.45) is 4.99 Å². The van der Waals surface area contributed by atoms with Crippen LogP contribution in [0.5, 0.6) is 11.5 Å². The van der Waals surface area contributed by atoms with Crippen LogP contribution in [0.4, 0.5) is 0 Å². The van der Waals surface area contributed by atoms with Crippen molar-refractivity contribution in [3.8, 4) is 11.5 Å². The number of rotatable bonds is 6. The molecule has 1 aromatic heterocycles. The molecule has 29 heavy (non-hydrogen) atoms. The van der Waals surface area contributed by atoms with Crippen molar-refractivity contribution in [1.82, 2.24) is 4.57 Å².